The molecule has 5 nitrogen and oxygen atoms in total. The molecule has 7 heteroatoms. The Hall–Kier alpha value is -0.540. The van der Waals surface area contributed by atoms with E-state index in [1.54, 1.807) is 14.2 Å². The summed E-state index contributed by atoms with van der Waals surface area (Å²) < 4.78 is 11.9. The minimum absolute atomic E-state index is 0. The van der Waals surface area contributed by atoms with Crippen molar-refractivity contribution >= 4 is 45.9 Å². The molecule has 1 rings (SSSR count). The number of halogens is 2. The van der Waals surface area contributed by atoms with Crippen molar-refractivity contribution in [3.05, 3.63) is 28.7 Å². The lowest BCUT2D eigenvalue weighted by Gasteiger charge is -2.20. The van der Waals surface area contributed by atoms with Crippen LogP contribution in [0.2, 0.25) is 0 Å². The molecule has 0 aromatic heterocycles. The van der Waals surface area contributed by atoms with E-state index in [0.29, 0.717) is 13.2 Å². The summed E-state index contributed by atoms with van der Waals surface area (Å²) in [4.78, 5) is 4.18. The van der Waals surface area contributed by atoms with Gasteiger partial charge in [0.15, 0.2) is 5.96 Å². The summed E-state index contributed by atoms with van der Waals surface area (Å²) in [5.41, 5.74) is 0. The third-order valence-electron chi connectivity index (χ3n) is 2.75. The molecule has 0 fully saturated rings. The minimum Gasteiger partial charge on any atom is -0.488 e. The van der Waals surface area contributed by atoms with Gasteiger partial charge in [0.2, 0.25) is 0 Å². The van der Waals surface area contributed by atoms with E-state index in [1.807, 2.05) is 38.1 Å². The molecule has 2 unspecified atom stereocenters. The Kier molecular flexibility index (Phi) is 11.7. The molecule has 1 aromatic carbocycles. The first-order valence-corrected chi connectivity index (χ1v) is 7.73. The Morgan fingerprint density at radius 2 is 2.00 bits per heavy atom. The van der Waals surface area contributed by atoms with Crippen molar-refractivity contribution < 1.29 is 9.47 Å². The van der Waals surface area contributed by atoms with Gasteiger partial charge in [-0.1, -0.05) is 12.1 Å². The van der Waals surface area contributed by atoms with Gasteiger partial charge < -0.3 is 20.1 Å². The number of nitrogens with zero attached hydrogens (tertiary/aromatic N) is 1. The van der Waals surface area contributed by atoms with E-state index in [1.165, 1.54) is 0 Å². The topological polar surface area (TPSA) is 54.9 Å². The lowest BCUT2D eigenvalue weighted by atomic mass is 10.3. The molecule has 0 amide bonds. The molecule has 2 N–H and O–H groups in total. The van der Waals surface area contributed by atoms with Gasteiger partial charge in [-0.3, -0.25) is 4.99 Å². The first-order valence-electron chi connectivity index (χ1n) is 6.94. The van der Waals surface area contributed by atoms with Crippen molar-refractivity contribution in [3.63, 3.8) is 0 Å². The van der Waals surface area contributed by atoms with Crippen LogP contribution >= 0.6 is 39.9 Å². The fourth-order valence-electron chi connectivity index (χ4n) is 1.76. The van der Waals surface area contributed by atoms with Crippen LogP contribution in [-0.2, 0) is 4.74 Å². The van der Waals surface area contributed by atoms with Gasteiger partial charge in [-0.05, 0) is 41.9 Å². The molecule has 0 heterocycles. The summed E-state index contributed by atoms with van der Waals surface area (Å²) in [6, 6.07) is 8.01. The summed E-state index contributed by atoms with van der Waals surface area (Å²) in [6.45, 7) is 5.33. The van der Waals surface area contributed by atoms with Gasteiger partial charge in [0.25, 0.3) is 0 Å². The lowest BCUT2D eigenvalue weighted by Crippen LogP contribution is -2.46. The van der Waals surface area contributed by atoms with Crippen LogP contribution in [0.1, 0.15) is 13.8 Å². The molecule has 0 aliphatic rings. The lowest BCUT2D eigenvalue weighted by molar-refractivity contribution is 0.178. The molecule has 1 aromatic rings. The Bertz CT molecular complexity index is 460. The maximum absolute atomic E-state index is 5.88. The first-order chi connectivity index (χ1) is 10.1. The Labute approximate surface area is 158 Å². The second-order valence-corrected chi connectivity index (χ2v) is 5.67. The number of ether oxygens (including phenoxy) is 2. The Morgan fingerprint density at radius 1 is 1.32 bits per heavy atom. The molecular formula is C15H25BrIN3O2. The van der Waals surface area contributed by atoms with Gasteiger partial charge >= 0.3 is 0 Å². The summed E-state index contributed by atoms with van der Waals surface area (Å²) in [5, 5.41) is 6.49. The number of rotatable bonds is 7. The third kappa shape index (κ3) is 8.19. The van der Waals surface area contributed by atoms with Crippen molar-refractivity contribution in [2.45, 2.75) is 26.0 Å². The number of para-hydroxylation sites is 1. The standard InChI is InChI=1S/C15H24BrN3O2.HI/c1-11(10-20-4)19-15(17-3)18-9-12(2)21-14-8-6-5-7-13(14)16;/h5-8,11-12H,9-10H2,1-4H3,(H2,17,18,19);1H. The highest BCUT2D eigenvalue weighted by Gasteiger charge is 2.09. The molecule has 0 aliphatic carbocycles. The van der Waals surface area contributed by atoms with Gasteiger partial charge in [-0.15, -0.1) is 24.0 Å². The smallest absolute Gasteiger partial charge is 0.191 e. The maximum Gasteiger partial charge on any atom is 0.191 e. The third-order valence-corrected chi connectivity index (χ3v) is 3.40. The zero-order valence-electron chi connectivity index (χ0n) is 13.4. The van der Waals surface area contributed by atoms with Crippen LogP contribution < -0.4 is 15.4 Å². The van der Waals surface area contributed by atoms with Crippen LogP contribution in [0.5, 0.6) is 5.75 Å². The monoisotopic (exact) mass is 485 g/mol. The minimum atomic E-state index is 0. The van der Waals surface area contributed by atoms with E-state index in [4.69, 9.17) is 9.47 Å². The number of guanidine groups is 1. The number of methoxy groups -OCH3 is 1. The number of aliphatic imine (C=N–C) groups is 1. The average molecular weight is 486 g/mol. The highest BCUT2D eigenvalue weighted by atomic mass is 127. The zero-order valence-corrected chi connectivity index (χ0v) is 17.3. The summed E-state index contributed by atoms with van der Waals surface area (Å²) >= 11 is 3.47. The summed E-state index contributed by atoms with van der Waals surface area (Å²) in [6.07, 6.45) is 0.0139. The van der Waals surface area contributed by atoms with Crippen molar-refractivity contribution in [2.75, 3.05) is 27.3 Å². The quantitative estimate of drug-likeness (QED) is 0.354. The van der Waals surface area contributed by atoms with Crippen LogP contribution in [0.25, 0.3) is 0 Å². The fraction of sp³-hybridized carbons (Fsp3) is 0.533. The average Bonchev–Trinajstić information content (AvgIpc) is 2.46. The van der Waals surface area contributed by atoms with E-state index < -0.39 is 0 Å². The van der Waals surface area contributed by atoms with E-state index >= 15 is 0 Å². The second-order valence-electron chi connectivity index (χ2n) is 4.81. The van der Waals surface area contributed by atoms with Crippen molar-refractivity contribution in [1.29, 1.82) is 0 Å². The van der Waals surface area contributed by atoms with Gasteiger partial charge in [0.1, 0.15) is 11.9 Å². The zero-order chi connectivity index (χ0) is 15.7. The largest absolute Gasteiger partial charge is 0.488 e. The number of benzene rings is 1. The van der Waals surface area contributed by atoms with E-state index in [9.17, 15) is 0 Å². The predicted molar refractivity (Wildman–Crippen MR) is 105 cm³/mol. The van der Waals surface area contributed by atoms with Crippen LogP contribution in [0.15, 0.2) is 33.7 Å². The number of hydrogen-bond donors (Lipinski definition) is 2. The highest BCUT2D eigenvalue weighted by Crippen LogP contribution is 2.24. The molecule has 126 valence electrons. The molecule has 0 saturated carbocycles. The molecule has 0 aliphatic heterocycles. The van der Waals surface area contributed by atoms with E-state index in [2.05, 4.69) is 31.6 Å². The Balaban J connectivity index is 0.00000441. The van der Waals surface area contributed by atoms with Gasteiger partial charge in [0.05, 0.1) is 17.6 Å². The maximum atomic E-state index is 5.88. The molecule has 2 atom stereocenters. The summed E-state index contributed by atoms with van der Waals surface area (Å²) in [5.74, 6) is 1.57. The molecular weight excluding hydrogens is 461 g/mol. The normalized spacial score (nSPS) is 13.8. The SMILES string of the molecule is CN=C(NCC(C)Oc1ccccc1Br)NC(C)COC.I. The first kappa shape index (κ1) is 21.5. The van der Waals surface area contributed by atoms with Crippen LogP contribution in [0, 0.1) is 0 Å². The number of hydrogen-bond acceptors (Lipinski definition) is 3. The van der Waals surface area contributed by atoms with Crippen LogP contribution in [0.3, 0.4) is 0 Å². The van der Waals surface area contributed by atoms with Gasteiger partial charge in [-0.25, -0.2) is 0 Å². The molecule has 22 heavy (non-hydrogen) atoms. The second kappa shape index (κ2) is 12.0. The molecule has 0 saturated heterocycles. The fourth-order valence-corrected chi connectivity index (χ4v) is 2.14. The van der Waals surface area contributed by atoms with Crippen molar-refractivity contribution in [3.8, 4) is 5.75 Å². The van der Waals surface area contributed by atoms with E-state index in [0.717, 1.165) is 16.2 Å². The predicted octanol–water partition coefficient (Wildman–Crippen LogP) is 3.03. The molecule has 0 radical (unpaired) electrons. The summed E-state index contributed by atoms with van der Waals surface area (Å²) in [7, 11) is 3.43. The van der Waals surface area contributed by atoms with Gasteiger partial charge in [0, 0.05) is 20.2 Å². The van der Waals surface area contributed by atoms with Crippen molar-refractivity contribution in [2.24, 2.45) is 4.99 Å². The molecule has 0 bridgehead atoms. The van der Waals surface area contributed by atoms with Gasteiger partial charge in [-0.2, -0.15) is 0 Å². The highest BCUT2D eigenvalue weighted by molar-refractivity contribution is 14.0. The van der Waals surface area contributed by atoms with Crippen LogP contribution in [0.4, 0.5) is 0 Å². The molecule has 0 spiro atoms. The Morgan fingerprint density at radius 3 is 2.59 bits per heavy atom. The number of nitrogens with one attached hydrogen (secondary N) is 2. The van der Waals surface area contributed by atoms with E-state index in [-0.39, 0.29) is 36.1 Å². The van der Waals surface area contributed by atoms with Crippen LogP contribution in [-0.4, -0.2) is 45.4 Å². The van der Waals surface area contributed by atoms with Crippen molar-refractivity contribution in [1.82, 2.24) is 10.6 Å².